The molecule has 0 bridgehead atoms. The lowest BCUT2D eigenvalue weighted by molar-refractivity contribution is 0.0693. The number of hydrogen-bond acceptors (Lipinski definition) is 2. The van der Waals surface area contributed by atoms with Crippen LogP contribution < -0.4 is 4.74 Å². The van der Waals surface area contributed by atoms with E-state index in [1.807, 2.05) is 0 Å². The third-order valence-electron chi connectivity index (χ3n) is 1.72. The zero-order chi connectivity index (χ0) is 10.0. The Morgan fingerprint density at radius 1 is 1.54 bits per heavy atom. The van der Waals surface area contributed by atoms with Crippen LogP contribution in [0.1, 0.15) is 15.9 Å². The van der Waals surface area contributed by atoms with E-state index in [0.717, 1.165) is 5.56 Å². The minimum atomic E-state index is -1.08. The van der Waals surface area contributed by atoms with E-state index in [9.17, 15) is 4.79 Å². The number of aryl methyl sites for hydroxylation is 1. The molecule has 0 unspecified atom stereocenters. The van der Waals surface area contributed by atoms with Crippen LogP contribution in [0.25, 0.3) is 0 Å². The fraction of sp³-hybridized carbons (Fsp3) is 0.222. The number of benzene rings is 1. The van der Waals surface area contributed by atoms with Gasteiger partial charge in [0.15, 0.2) is 0 Å². The van der Waals surface area contributed by atoms with Gasteiger partial charge in [-0.25, -0.2) is 4.79 Å². The summed E-state index contributed by atoms with van der Waals surface area (Å²) in [6.07, 6.45) is 0. The lowest BCUT2D eigenvalue weighted by Crippen LogP contribution is -2.02. The van der Waals surface area contributed by atoms with Gasteiger partial charge in [-0.2, -0.15) is 0 Å². The van der Waals surface area contributed by atoms with Crippen LogP contribution in [0.2, 0.25) is 5.02 Å². The van der Waals surface area contributed by atoms with Crippen molar-refractivity contribution in [3.8, 4) is 5.75 Å². The highest BCUT2D eigenvalue weighted by Crippen LogP contribution is 2.29. The summed E-state index contributed by atoms with van der Waals surface area (Å²) in [7, 11) is 1.42. The molecule has 0 spiro atoms. The number of carbonyl (C=O) groups is 1. The van der Waals surface area contributed by atoms with Crippen molar-refractivity contribution < 1.29 is 14.6 Å². The Morgan fingerprint density at radius 3 is 2.54 bits per heavy atom. The van der Waals surface area contributed by atoms with Crippen LogP contribution in [0.15, 0.2) is 12.1 Å². The molecular weight excluding hydrogens is 192 g/mol. The van der Waals surface area contributed by atoms with Gasteiger partial charge in [0, 0.05) is 0 Å². The third kappa shape index (κ3) is 1.75. The molecule has 0 amide bonds. The van der Waals surface area contributed by atoms with Crippen molar-refractivity contribution in [1.29, 1.82) is 0 Å². The number of carboxylic acids is 1. The summed E-state index contributed by atoms with van der Waals surface area (Å²) in [6, 6.07) is 3.26. The molecule has 0 atom stereocenters. The second-order valence-corrected chi connectivity index (χ2v) is 2.98. The third-order valence-corrected chi connectivity index (χ3v) is 2.04. The van der Waals surface area contributed by atoms with E-state index < -0.39 is 5.97 Å². The molecule has 4 heteroatoms. The molecule has 0 saturated heterocycles. The van der Waals surface area contributed by atoms with Crippen LogP contribution in [-0.2, 0) is 0 Å². The van der Waals surface area contributed by atoms with Crippen LogP contribution in [0.3, 0.4) is 0 Å². The SMILES string of the molecule is COc1c(C)ccc(Cl)c1C(=O)O. The first kappa shape index (κ1) is 9.86. The summed E-state index contributed by atoms with van der Waals surface area (Å²) in [5.74, 6) is -0.759. The van der Waals surface area contributed by atoms with Crippen LogP contribution in [0.5, 0.6) is 5.75 Å². The van der Waals surface area contributed by atoms with E-state index in [1.54, 1.807) is 19.1 Å². The Kier molecular flexibility index (Phi) is 2.78. The molecule has 0 saturated carbocycles. The number of ether oxygens (including phenoxy) is 1. The molecule has 1 aromatic rings. The van der Waals surface area contributed by atoms with Gasteiger partial charge >= 0.3 is 5.97 Å². The average molecular weight is 201 g/mol. The van der Waals surface area contributed by atoms with Gasteiger partial charge in [0.05, 0.1) is 12.1 Å². The number of aromatic carboxylic acids is 1. The zero-order valence-corrected chi connectivity index (χ0v) is 8.05. The molecule has 0 aliphatic heterocycles. The lowest BCUT2D eigenvalue weighted by Gasteiger charge is -2.09. The van der Waals surface area contributed by atoms with Crippen molar-refractivity contribution in [3.63, 3.8) is 0 Å². The molecule has 0 aliphatic carbocycles. The maximum atomic E-state index is 10.8. The highest BCUT2D eigenvalue weighted by Gasteiger charge is 2.16. The molecule has 0 heterocycles. The molecule has 0 aromatic heterocycles. The van der Waals surface area contributed by atoms with Crippen molar-refractivity contribution in [3.05, 3.63) is 28.3 Å². The number of methoxy groups -OCH3 is 1. The van der Waals surface area contributed by atoms with E-state index in [4.69, 9.17) is 21.4 Å². The van der Waals surface area contributed by atoms with Gasteiger partial charge in [0.1, 0.15) is 11.3 Å². The topological polar surface area (TPSA) is 46.5 Å². The highest BCUT2D eigenvalue weighted by atomic mass is 35.5. The lowest BCUT2D eigenvalue weighted by atomic mass is 10.1. The van der Waals surface area contributed by atoms with Crippen molar-refractivity contribution in [2.45, 2.75) is 6.92 Å². The number of halogens is 1. The van der Waals surface area contributed by atoms with Gasteiger partial charge in [0.25, 0.3) is 0 Å². The molecule has 0 radical (unpaired) electrons. The monoisotopic (exact) mass is 200 g/mol. The van der Waals surface area contributed by atoms with Crippen LogP contribution >= 0.6 is 11.6 Å². The van der Waals surface area contributed by atoms with Crippen molar-refractivity contribution in [1.82, 2.24) is 0 Å². The first-order chi connectivity index (χ1) is 6.07. The summed E-state index contributed by atoms with van der Waals surface area (Å²) < 4.78 is 4.95. The zero-order valence-electron chi connectivity index (χ0n) is 7.30. The Bertz CT molecular complexity index is 347. The van der Waals surface area contributed by atoms with Crippen LogP contribution in [-0.4, -0.2) is 18.2 Å². The van der Waals surface area contributed by atoms with Gasteiger partial charge in [-0.3, -0.25) is 0 Å². The Labute approximate surface area is 80.9 Å². The predicted octanol–water partition coefficient (Wildman–Crippen LogP) is 2.36. The summed E-state index contributed by atoms with van der Waals surface area (Å²) >= 11 is 5.71. The van der Waals surface area contributed by atoms with Gasteiger partial charge < -0.3 is 9.84 Å². The molecule has 1 rings (SSSR count). The second kappa shape index (κ2) is 3.66. The predicted molar refractivity (Wildman–Crippen MR) is 49.7 cm³/mol. The van der Waals surface area contributed by atoms with Gasteiger partial charge in [0.2, 0.25) is 0 Å². The van der Waals surface area contributed by atoms with Gasteiger partial charge in [-0.05, 0) is 18.6 Å². The first-order valence-corrected chi connectivity index (χ1v) is 4.02. The minimum absolute atomic E-state index is 0.0177. The molecule has 70 valence electrons. The van der Waals surface area contributed by atoms with Gasteiger partial charge in [-0.15, -0.1) is 0 Å². The van der Waals surface area contributed by atoms with E-state index in [-0.39, 0.29) is 10.6 Å². The van der Waals surface area contributed by atoms with Gasteiger partial charge in [-0.1, -0.05) is 17.7 Å². The second-order valence-electron chi connectivity index (χ2n) is 2.58. The highest BCUT2D eigenvalue weighted by molar-refractivity contribution is 6.34. The largest absolute Gasteiger partial charge is 0.496 e. The maximum Gasteiger partial charge on any atom is 0.341 e. The quantitative estimate of drug-likeness (QED) is 0.797. The Balaban J connectivity index is 3.43. The van der Waals surface area contributed by atoms with Crippen LogP contribution in [0, 0.1) is 6.92 Å². The molecule has 0 aliphatic rings. The van der Waals surface area contributed by atoms with E-state index >= 15 is 0 Å². The Morgan fingerprint density at radius 2 is 2.15 bits per heavy atom. The maximum absolute atomic E-state index is 10.8. The fourth-order valence-corrected chi connectivity index (χ4v) is 1.35. The fourth-order valence-electron chi connectivity index (χ4n) is 1.13. The molecule has 0 fully saturated rings. The first-order valence-electron chi connectivity index (χ1n) is 3.64. The molecule has 1 N–H and O–H groups in total. The summed E-state index contributed by atoms with van der Waals surface area (Å²) in [4.78, 5) is 10.8. The number of rotatable bonds is 2. The van der Waals surface area contributed by atoms with E-state index in [1.165, 1.54) is 7.11 Å². The summed E-state index contributed by atoms with van der Waals surface area (Å²) in [5.41, 5.74) is 0.772. The molecule has 13 heavy (non-hydrogen) atoms. The normalized spacial score (nSPS) is 9.77. The van der Waals surface area contributed by atoms with Crippen molar-refractivity contribution >= 4 is 17.6 Å². The molecule has 1 aromatic carbocycles. The number of carboxylic acid groups (broad SMARTS) is 1. The summed E-state index contributed by atoms with van der Waals surface area (Å²) in [6.45, 7) is 1.77. The van der Waals surface area contributed by atoms with Crippen molar-refractivity contribution in [2.24, 2.45) is 0 Å². The molecule has 3 nitrogen and oxygen atoms in total. The Hall–Kier alpha value is -1.22. The molecular formula is C9H9ClO3. The smallest absolute Gasteiger partial charge is 0.341 e. The standard InChI is InChI=1S/C9H9ClO3/c1-5-3-4-6(10)7(9(11)12)8(5)13-2/h3-4H,1-2H3,(H,11,12). The number of hydrogen-bond donors (Lipinski definition) is 1. The van der Waals surface area contributed by atoms with Crippen LogP contribution in [0.4, 0.5) is 0 Å². The van der Waals surface area contributed by atoms with E-state index in [0.29, 0.717) is 5.75 Å². The van der Waals surface area contributed by atoms with E-state index in [2.05, 4.69) is 0 Å². The summed E-state index contributed by atoms with van der Waals surface area (Å²) in [5, 5.41) is 9.03. The van der Waals surface area contributed by atoms with Crippen molar-refractivity contribution in [2.75, 3.05) is 7.11 Å². The average Bonchev–Trinajstić information content (AvgIpc) is 2.07. The minimum Gasteiger partial charge on any atom is -0.496 e.